The number of hydrogen-bond donors (Lipinski definition) is 0. The highest BCUT2D eigenvalue weighted by molar-refractivity contribution is 5.94. The van der Waals surface area contributed by atoms with Crippen molar-refractivity contribution >= 4 is 5.90 Å². The number of aliphatic imine (C=N–C) groups is 1. The summed E-state index contributed by atoms with van der Waals surface area (Å²) in [5.41, 5.74) is 0.996. The smallest absolute Gasteiger partial charge is 0.220 e. The Kier molecular flexibility index (Phi) is 4.48. The van der Waals surface area contributed by atoms with E-state index in [1.54, 1.807) is 13.3 Å². The zero-order valence-corrected chi connectivity index (χ0v) is 8.60. The lowest BCUT2D eigenvalue weighted by Gasteiger charge is -2.03. The molecule has 0 fully saturated rings. The first-order valence-corrected chi connectivity index (χ1v) is 4.72. The molecule has 0 bridgehead atoms. The lowest BCUT2D eigenvalue weighted by Crippen LogP contribution is -2.01. The average molecular weight is 189 g/mol. The van der Waals surface area contributed by atoms with Gasteiger partial charge in [-0.25, -0.2) is 0 Å². The molecule has 0 N–H and O–H groups in total. The van der Waals surface area contributed by atoms with E-state index in [2.05, 4.69) is 11.9 Å². The van der Waals surface area contributed by atoms with E-state index in [4.69, 9.17) is 4.74 Å². The van der Waals surface area contributed by atoms with Crippen LogP contribution in [0.2, 0.25) is 0 Å². The van der Waals surface area contributed by atoms with Crippen LogP contribution in [0.5, 0.6) is 0 Å². The molecule has 0 aliphatic heterocycles. The Labute approximate surface area is 84.9 Å². The van der Waals surface area contributed by atoms with Crippen LogP contribution in [0.25, 0.3) is 0 Å². The van der Waals surface area contributed by atoms with Gasteiger partial charge in [0.2, 0.25) is 5.90 Å². The van der Waals surface area contributed by atoms with Gasteiger partial charge in [-0.2, -0.15) is 0 Å². The molecule has 0 aliphatic rings. The Morgan fingerprint density at radius 1 is 1.36 bits per heavy atom. The summed E-state index contributed by atoms with van der Waals surface area (Å²) in [6, 6.07) is 9.85. The van der Waals surface area contributed by atoms with E-state index in [-0.39, 0.29) is 0 Å². The molecule has 0 aliphatic carbocycles. The summed E-state index contributed by atoms with van der Waals surface area (Å²) in [5.74, 6) is 0.648. The minimum absolute atomic E-state index is 0.648. The molecule has 0 heterocycles. The Hall–Kier alpha value is -1.57. The predicted octanol–water partition coefficient (Wildman–Crippen LogP) is 3.00. The number of benzene rings is 1. The highest BCUT2D eigenvalue weighted by Gasteiger charge is 1.99. The molecule has 1 aromatic rings. The molecule has 0 atom stereocenters. The number of allylic oxidation sites excluding steroid dienone is 1. The van der Waals surface area contributed by atoms with Crippen LogP contribution >= 0.6 is 0 Å². The zero-order valence-electron chi connectivity index (χ0n) is 8.60. The van der Waals surface area contributed by atoms with Crippen LogP contribution < -0.4 is 0 Å². The van der Waals surface area contributed by atoms with Crippen molar-refractivity contribution in [1.29, 1.82) is 0 Å². The maximum absolute atomic E-state index is 5.39. The molecule has 1 rings (SSSR count). The maximum Gasteiger partial charge on any atom is 0.220 e. The van der Waals surface area contributed by atoms with Crippen LogP contribution in [0.4, 0.5) is 0 Å². The largest absolute Gasteiger partial charge is 0.447 e. The third-order valence-corrected chi connectivity index (χ3v) is 1.74. The monoisotopic (exact) mass is 189 g/mol. The summed E-state index contributed by atoms with van der Waals surface area (Å²) in [4.78, 5) is 4.07. The van der Waals surface area contributed by atoms with Gasteiger partial charge in [-0.05, 0) is 24.6 Å². The van der Waals surface area contributed by atoms with Crippen molar-refractivity contribution in [1.82, 2.24) is 0 Å². The third kappa shape index (κ3) is 3.05. The maximum atomic E-state index is 5.39. The molecule has 0 radical (unpaired) electrons. The SMILES string of the molecule is CC/C=C/OC(=NC)c1ccccc1. The van der Waals surface area contributed by atoms with Gasteiger partial charge in [-0.3, -0.25) is 4.99 Å². The van der Waals surface area contributed by atoms with Crippen molar-refractivity contribution in [2.24, 2.45) is 4.99 Å². The number of nitrogens with zero attached hydrogens (tertiary/aromatic N) is 1. The second kappa shape index (κ2) is 5.97. The lowest BCUT2D eigenvalue weighted by molar-refractivity contribution is 0.470. The Morgan fingerprint density at radius 2 is 2.07 bits per heavy atom. The molecule has 2 heteroatoms. The molecule has 0 unspecified atom stereocenters. The highest BCUT2D eigenvalue weighted by Crippen LogP contribution is 2.02. The normalized spacial score (nSPS) is 12.0. The molecule has 14 heavy (non-hydrogen) atoms. The molecular formula is C12H15NO. The summed E-state index contributed by atoms with van der Waals surface area (Å²) >= 11 is 0. The standard InChI is InChI=1S/C12H15NO/c1-3-4-10-14-12(13-2)11-8-6-5-7-9-11/h4-10H,3H2,1-2H3/b10-4+,13-12?. The van der Waals surface area contributed by atoms with E-state index >= 15 is 0 Å². The van der Waals surface area contributed by atoms with Crippen molar-refractivity contribution < 1.29 is 4.74 Å². The second-order valence-electron chi connectivity index (χ2n) is 2.79. The Bertz CT molecular complexity index is 314. The minimum atomic E-state index is 0.648. The van der Waals surface area contributed by atoms with E-state index in [1.807, 2.05) is 36.4 Å². The first-order chi connectivity index (χ1) is 6.88. The van der Waals surface area contributed by atoms with Gasteiger partial charge in [0.1, 0.15) is 0 Å². The summed E-state index contributed by atoms with van der Waals surface area (Å²) in [6.07, 6.45) is 4.59. The Balaban J connectivity index is 2.70. The van der Waals surface area contributed by atoms with Gasteiger partial charge in [0.25, 0.3) is 0 Å². The molecule has 0 spiro atoms. The topological polar surface area (TPSA) is 21.6 Å². The van der Waals surface area contributed by atoms with Crippen LogP contribution in [0, 0.1) is 0 Å². The molecule has 74 valence electrons. The molecular weight excluding hydrogens is 174 g/mol. The van der Waals surface area contributed by atoms with Gasteiger partial charge >= 0.3 is 0 Å². The van der Waals surface area contributed by atoms with Gasteiger partial charge in [0.15, 0.2) is 0 Å². The van der Waals surface area contributed by atoms with Crippen molar-refractivity contribution in [3.8, 4) is 0 Å². The molecule has 1 aromatic carbocycles. The summed E-state index contributed by atoms with van der Waals surface area (Å²) in [6.45, 7) is 2.06. The summed E-state index contributed by atoms with van der Waals surface area (Å²) in [7, 11) is 1.72. The first-order valence-electron chi connectivity index (χ1n) is 4.72. The van der Waals surface area contributed by atoms with E-state index in [9.17, 15) is 0 Å². The van der Waals surface area contributed by atoms with Crippen LogP contribution in [0.1, 0.15) is 18.9 Å². The van der Waals surface area contributed by atoms with E-state index in [0.29, 0.717) is 5.90 Å². The molecule has 2 nitrogen and oxygen atoms in total. The van der Waals surface area contributed by atoms with Gasteiger partial charge < -0.3 is 4.74 Å². The fourth-order valence-corrected chi connectivity index (χ4v) is 1.04. The van der Waals surface area contributed by atoms with E-state index in [1.165, 1.54) is 0 Å². The predicted molar refractivity (Wildman–Crippen MR) is 59.4 cm³/mol. The van der Waals surface area contributed by atoms with E-state index < -0.39 is 0 Å². The van der Waals surface area contributed by atoms with Crippen molar-refractivity contribution in [2.45, 2.75) is 13.3 Å². The minimum Gasteiger partial charge on any atom is -0.447 e. The fourth-order valence-electron chi connectivity index (χ4n) is 1.04. The van der Waals surface area contributed by atoms with Crippen molar-refractivity contribution in [3.63, 3.8) is 0 Å². The van der Waals surface area contributed by atoms with Crippen LogP contribution in [-0.4, -0.2) is 12.9 Å². The fraction of sp³-hybridized carbons (Fsp3) is 0.250. The second-order valence-corrected chi connectivity index (χ2v) is 2.79. The van der Waals surface area contributed by atoms with E-state index in [0.717, 1.165) is 12.0 Å². The molecule has 0 amide bonds. The number of rotatable bonds is 3. The summed E-state index contributed by atoms with van der Waals surface area (Å²) in [5, 5.41) is 0. The van der Waals surface area contributed by atoms with Gasteiger partial charge in [-0.1, -0.05) is 25.1 Å². The highest BCUT2D eigenvalue weighted by atomic mass is 16.5. The lowest BCUT2D eigenvalue weighted by atomic mass is 10.2. The third-order valence-electron chi connectivity index (χ3n) is 1.74. The quantitative estimate of drug-likeness (QED) is 0.407. The van der Waals surface area contributed by atoms with Crippen LogP contribution in [-0.2, 0) is 4.74 Å². The van der Waals surface area contributed by atoms with Gasteiger partial charge in [0, 0.05) is 12.6 Å². The molecule has 0 saturated heterocycles. The van der Waals surface area contributed by atoms with Crippen LogP contribution in [0.15, 0.2) is 47.7 Å². The zero-order chi connectivity index (χ0) is 10.2. The van der Waals surface area contributed by atoms with Crippen molar-refractivity contribution in [3.05, 3.63) is 48.2 Å². The average Bonchev–Trinajstić information content (AvgIpc) is 2.26. The number of hydrogen-bond acceptors (Lipinski definition) is 2. The Morgan fingerprint density at radius 3 is 2.64 bits per heavy atom. The van der Waals surface area contributed by atoms with Gasteiger partial charge in [0.05, 0.1) is 6.26 Å². The van der Waals surface area contributed by atoms with Crippen molar-refractivity contribution in [2.75, 3.05) is 7.05 Å². The number of ether oxygens (including phenoxy) is 1. The first kappa shape index (κ1) is 10.5. The summed E-state index contributed by atoms with van der Waals surface area (Å²) < 4.78 is 5.39. The van der Waals surface area contributed by atoms with Gasteiger partial charge in [-0.15, -0.1) is 0 Å². The molecule has 0 aromatic heterocycles. The molecule has 0 saturated carbocycles. The van der Waals surface area contributed by atoms with Crippen LogP contribution in [0.3, 0.4) is 0 Å².